The van der Waals surface area contributed by atoms with Gasteiger partial charge < -0.3 is 0 Å². The number of aromatic nitrogens is 1. The predicted molar refractivity (Wildman–Crippen MR) is 113 cm³/mol. The van der Waals surface area contributed by atoms with Crippen molar-refractivity contribution in [2.45, 2.75) is 31.8 Å². The van der Waals surface area contributed by atoms with Crippen molar-refractivity contribution in [3.8, 4) is 0 Å². The molecule has 134 valence electrons. The van der Waals surface area contributed by atoms with Gasteiger partial charge in [-0.2, -0.15) is 0 Å². The van der Waals surface area contributed by atoms with Gasteiger partial charge in [-0.1, -0.05) is 61.0 Å². The Balaban J connectivity index is 1.62. The number of likely N-dealkylation sites (tertiary alicyclic amines) is 1. The minimum atomic E-state index is 0.415. The van der Waals surface area contributed by atoms with Crippen LogP contribution >= 0.6 is 0 Å². The van der Waals surface area contributed by atoms with Gasteiger partial charge in [-0.05, 0) is 64.7 Å². The Kier molecular flexibility index (Phi) is 4.35. The van der Waals surface area contributed by atoms with Crippen molar-refractivity contribution in [2.24, 2.45) is 0 Å². The topological polar surface area (TPSA) is 16.1 Å². The highest BCUT2D eigenvalue weighted by Crippen LogP contribution is 2.35. The zero-order chi connectivity index (χ0) is 18.1. The Hall–Kier alpha value is -2.71. The average Bonchev–Trinajstić information content (AvgIpc) is 2.74. The maximum atomic E-state index is 4.68. The number of nitrogens with zero attached hydrogens (tertiary/aromatic N) is 2. The molecule has 1 aliphatic heterocycles. The molecule has 2 nitrogen and oxygen atoms in total. The van der Waals surface area contributed by atoms with Crippen LogP contribution in [0.15, 0.2) is 79.0 Å². The molecule has 0 aliphatic carbocycles. The van der Waals surface area contributed by atoms with E-state index in [1.807, 2.05) is 12.3 Å². The van der Waals surface area contributed by atoms with Crippen LogP contribution < -0.4 is 0 Å². The molecule has 3 aromatic carbocycles. The van der Waals surface area contributed by atoms with Crippen LogP contribution in [0, 0.1) is 0 Å². The standard InChI is InChI=1S/C25H24N2/c1-3-11-21-19(9-1)17-20-10-2-4-12-22(20)23(21)18-27-16-8-6-14-25(27)24-13-5-7-15-26-24/h1-5,7,9-13,15,17,25H,6,8,14,16,18H2. The van der Waals surface area contributed by atoms with Crippen LogP contribution in [0.1, 0.15) is 36.6 Å². The zero-order valence-electron chi connectivity index (χ0n) is 15.5. The summed E-state index contributed by atoms with van der Waals surface area (Å²) < 4.78 is 0. The lowest BCUT2D eigenvalue weighted by molar-refractivity contribution is 0.138. The molecular weight excluding hydrogens is 328 g/mol. The van der Waals surface area contributed by atoms with Gasteiger partial charge in [0.2, 0.25) is 0 Å². The van der Waals surface area contributed by atoms with Gasteiger partial charge in [0.25, 0.3) is 0 Å². The number of hydrogen-bond donors (Lipinski definition) is 0. The van der Waals surface area contributed by atoms with Gasteiger partial charge in [-0.25, -0.2) is 0 Å². The molecule has 1 fully saturated rings. The molecule has 0 N–H and O–H groups in total. The van der Waals surface area contributed by atoms with Crippen LogP contribution in [0.2, 0.25) is 0 Å². The van der Waals surface area contributed by atoms with E-state index < -0.39 is 0 Å². The number of piperidine rings is 1. The van der Waals surface area contributed by atoms with Crippen LogP contribution in [-0.4, -0.2) is 16.4 Å². The fourth-order valence-electron chi connectivity index (χ4n) is 4.57. The smallest absolute Gasteiger partial charge is 0.0575 e. The van der Waals surface area contributed by atoms with E-state index in [0.29, 0.717) is 6.04 Å². The highest BCUT2D eigenvalue weighted by Gasteiger charge is 2.25. The van der Waals surface area contributed by atoms with E-state index in [9.17, 15) is 0 Å². The van der Waals surface area contributed by atoms with Crippen molar-refractivity contribution in [1.29, 1.82) is 0 Å². The van der Waals surface area contributed by atoms with Crippen LogP contribution in [0.3, 0.4) is 0 Å². The molecule has 0 spiro atoms. The SMILES string of the molecule is c1ccc(C2CCCCN2Cc2c3ccccc3cc3ccccc23)nc1. The molecule has 1 atom stereocenters. The maximum absolute atomic E-state index is 4.68. The third-order valence-electron chi connectivity index (χ3n) is 5.89. The van der Waals surface area contributed by atoms with Crippen LogP contribution in [0.4, 0.5) is 0 Å². The Labute approximate surface area is 160 Å². The first-order valence-electron chi connectivity index (χ1n) is 9.94. The first-order valence-corrected chi connectivity index (χ1v) is 9.94. The van der Waals surface area contributed by atoms with Gasteiger partial charge >= 0.3 is 0 Å². The summed E-state index contributed by atoms with van der Waals surface area (Å²) in [5, 5.41) is 5.42. The molecular formula is C25H24N2. The summed E-state index contributed by atoms with van der Waals surface area (Å²) in [6, 6.07) is 26.7. The fraction of sp³-hybridized carbons (Fsp3) is 0.240. The maximum Gasteiger partial charge on any atom is 0.0575 e. The third-order valence-corrected chi connectivity index (χ3v) is 5.89. The molecule has 1 saturated heterocycles. The van der Waals surface area contributed by atoms with Crippen molar-refractivity contribution < 1.29 is 0 Å². The van der Waals surface area contributed by atoms with E-state index in [1.165, 1.54) is 52.1 Å². The summed E-state index contributed by atoms with van der Waals surface area (Å²) in [7, 11) is 0. The van der Waals surface area contributed by atoms with E-state index in [2.05, 4.69) is 76.6 Å². The molecule has 0 saturated carbocycles. The molecule has 1 aliphatic rings. The van der Waals surface area contributed by atoms with Gasteiger partial charge in [0.1, 0.15) is 0 Å². The minimum Gasteiger partial charge on any atom is -0.290 e. The molecule has 1 unspecified atom stereocenters. The highest BCUT2D eigenvalue weighted by atomic mass is 15.2. The monoisotopic (exact) mass is 352 g/mol. The second-order valence-electron chi connectivity index (χ2n) is 7.53. The van der Waals surface area contributed by atoms with Gasteiger partial charge in [-0.3, -0.25) is 9.88 Å². The zero-order valence-corrected chi connectivity index (χ0v) is 15.5. The molecule has 4 aromatic rings. The molecule has 2 heterocycles. The molecule has 0 amide bonds. The van der Waals surface area contributed by atoms with Crippen molar-refractivity contribution in [3.05, 3.63) is 90.3 Å². The minimum absolute atomic E-state index is 0.415. The van der Waals surface area contributed by atoms with Crippen molar-refractivity contribution in [1.82, 2.24) is 9.88 Å². The van der Waals surface area contributed by atoms with Crippen molar-refractivity contribution >= 4 is 21.5 Å². The molecule has 5 rings (SSSR count). The molecule has 0 radical (unpaired) electrons. The molecule has 2 heteroatoms. The summed E-state index contributed by atoms with van der Waals surface area (Å²) in [6.07, 6.45) is 5.68. The normalized spacial score (nSPS) is 18.1. The molecule has 1 aromatic heterocycles. The highest BCUT2D eigenvalue weighted by molar-refractivity contribution is 6.02. The van der Waals surface area contributed by atoms with E-state index in [0.717, 1.165) is 13.1 Å². The van der Waals surface area contributed by atoms with Gasteiger partial charge in [0.15, 0.2) is 0 Å². The summed E-state index contributed by atoms with van der Waals surface area (Å²) in [5.74, 6) is 0. The number of benzene rings is 3. The van der Waals surface area contributed by atoms with Crippen LogP contribution in [0.5, 0.6) is 0 Å². The summed E-state index contributed by atoms with van der Waals surface area (Å²) in [4.78, 5) is 7.32. The van der Waals surface area contributed by atoms with E-state index in [-0.39, 0.29) is 0 Å². The average molecular weight is 352 g/mol. The van der Waals surface area contributed by atoms with E-state index >= 15 is 0 Å². The van der Waals surface area contributed by atoms with Gasteiger partial charge in [-0.15, -0.1) is 0 Å². The van der Waals surface area contributed by atoms with Crippen molar-refractivity contribution in [2.75, 3.05) is 6.54 Å². The second-order valence-corrected chi connectivity index (χ2v) is 7.53. The fourth-order valence-corrected chi connectivity index (χ4v) is 4.57. The molecule has 0 bridgehead atoms. The number of pyridine rings is 1. The summed E-state index contributed by atoms with van der Waals surface area (Å²) in [6.45, 7) is 2.11. The summed E-state index contributed by atoms with van der Waals surface area (Å²) in [5.41, 5.74) is 2.66. The Morgan fingerprint density at radius 2 is 1.52 bits per heavy atom. The van der Waals surface area contributed by atoms with Gasteiger partial charge in [0, 0.05) is 12.7 Å². The first kappa shape index (κ1) is 16.5. The summed E-state index contributed by atoms with van der Waals surface area (Å²) >= 11 is 0. The Morgan fingerprint density at radius 3 is 2.22 bits per heavy atom. The third kappa shape index (κ3) is 3.11. The number of hydrogen-bond acceptors (Lipinski definition) is 2. The second kappa shape index (κ2) is 7.13. The van der Waals surface area contributed by atoms with Gasteiger partial charge in [0.05, 0.1) is 11.7 Å². The Morgan fingerprint density at radius 1 is 0.815 bits per heavy atom. The lowest BCUT2D eigenvalue weighted by Gasteiger charge is -2.36. The number of fused-ring (bicyclic) bond motifs is 2. The predicted octanol–water partition coefficient (Wildman–Crippen LogP) is 6.12. The van der Waals surface area contributed by atoms with Crippen LogP contribution in [-0.2, 0) is 6.54 Å². The van der Waals surface area contributed by atoms with Crippen molar-refractivity contribution in [3.63, 3.8) is 0 Å². The lowest BCUT2D eigenvalue weighted by atomic mass is 9.93. The van der Waals surface area contributed by atoms with E-state index in [1.54, 1.807) is 0 Å². The first-order chi connectivity index (χ1) is 13.4. The largest absolute Gasteiger partial charge is 0.290 e. The lowest BCUT2D eigenvalue weighted by Crippen LogP contribution is -2.33. The molecule has 27 heavy (non-hydrogen) atoms. The van der Waals surface area contributed by atoms with Crippen LogP contribution in [0.25, 0.3) is 21.5 Å². The quantitative estimate of drug-likeness (QED) is 0.413. The van der Waals surface area contributed by atoms with E-state index in [4.69, 9.17) is 0 Å². The Bertz CT molecular complexity index is 1020. The number of rotatable bonds is 3.